The summed E-state index contributed by atoms with van der Waals surface area (Å²) in [6, 6.07) is 7.39. The summed E-state index contributed by atoms with van der Waals surface area (Å²) in [5.41, 5.74) is 0.215. The number of hydrogen-bond donors (Lipinski definition) is 0. The van der Waals surface area contributed by atoms with Gasteiger partial charge in [-0.15, -0.1) is 12.4 Å². The summed E-state index contributed by atoms with van der Waals surface area (Å²) in [6.07, 6.45) is 0. The second-order valence-corrected chi connectivity index (χ2v) is 7.81. The Morgan fingerprint density at radius 3 is 2.56 bits per heavy atom. The maximum atomic E-state index is 14.0. The van der Waals surface area contributed by atoms with Gasteiger partial charge in [0.25, 0.3) is 5.91 Å². The number of halogens is 2. The van der Waals surface area contributed by atoms with Gasteiger partial charge in [0.1, 0.15) is 11.3 Å². The number of anilines is 1. The van der Waals surface area contributed by atoms with E-state index < -0.39 is 10.7 Å². The van der Waals surface area contributed by atoms with Crippen molar-refractivity contribution in [2.24, 2.45) is 0 Å². The van der Waals surface area contributed by atoms with Crippen LogP contribution in [0.3, 0.4) is 0 Å². The smallest absolute Gasteiger partial charge is 0.308 e. The highest BCUT2D eigenvalue weighted by Crippen LogP contribution is 2.32. The maximum Gasteiger partial charge on any atom is 0.324 e. The molecule has 7 nitrogen and oxygen atoms in total. The van der Waals surface area contributed by atoms with E-state index in [1.807, 2.05) is 19.0 Å². The van der Waals surface area contributed by atoms with E-state index in [4.69, 9.17) is 0 Å². The molecule has 0 N–H and O–H groups in total. The molecule has 3 aromatic rings. The van der Waals surface area contributed by atoms with Crippen molar-refractivity contribution in [2.45, 2.75) is 0 Å². The van der Waals surface area contributed by atoms with Crippen molar-refractivity contribution < 1.29 is 14.1 Å². The third-order valence-corrected chi connectivity index (χ3v) is 5.66. The van der Waals surface area contributed by atoms with Gasteiger partial charge in [-0.2, -0.15) is 0 Å². The molecule has 0 fully saturated rings. The SMILES string of the molecule is CN(C)CCN(C(=O)c1ccc([N+](=O)[O-])s1)c1nc2c(F)cccc2s1.Cl. The van der Waals surface area contributed by atoms with E-state index in [1.54, 1.807) is 12.1 Å². The summed E-state index contributed by atoms with van der Waals surface area (Å²) >= 11 is 2.03. The maximum absolute atomic E-state index is 14.0. The fourth-order valence-corrected chi connectivity index (χ4v) is 4.05. The van der Waals surface area contributed by atoms with Crippen molar-refractivity contribution in [3.63, 3.8) is 0 Å². The van der Waals surface area contributed by atoms with Crippen LogP contribution in [-0.2, 0) is 0 Å². The van der Waals surface area contributed by atoms with Gasteiger partial charge in [0, 0.05) is 19.2 Å². The van der Waals surface area contributed by atoms with Crippen LogP contribution in [0.2, 0.25) is 0 Å². The Kier molecular flexibility index (Phi) is 6.82. The lowest BCUT2D eigenvalue weighted by Crippen LogP contribution is -2.36. The molecule has 0 unspecified atom stereocenters. The Balaban J connectivity index is 0.00000261. The first-order valence-corrected chi connectivity index (χ1v) is 9.26. The molecule has 0 radical (unpaired) electrons. The Morgan fingerprint density at radius 2 is 1.96 bits per heavy atom. The van der Waals surface area contributed by atoms with Gasteiger partial charge >= 0.3 is 5.00 Å². The van der Waals surface area contributed by atoms with Gasteiger partial charge in [-0.05, 0) is 32.3 Å². The van der Waals surface area contributed by atoms with E-state index in [0.29, 0.717) is 22.9 Å². The number of rotatable bonds is 6. The molecule has 144 valence electrons. The normalized spacial score (nSPS) is 10.8. The van der Waals surface area contributed by atoms with Crippen LogP contribution < -0.4 is 4.90 Å². The number of thiophene rings is 1. The molecule has 0 saturated carbocycles. The van der Waals surface area contributed by atoms with Gasteiger partial charge in [0.2, 0.25) is 0 Å². The number of amides is 1. The second kappa shape index (κ2) is 8.70. The highest BCUT2D eigenvalue weighted by Gasteiger charge is 2.25. The van der Waals surface area contributed by atoms with Crippen molar-refractivity contribution in [3.8, 4) is 0 Å². The lowest BCUT2D eigenvalue weighted by Gasteiger charge is -2.21. The number of thiazole rings is 1. The molecule has 1 amide bonds. The highest BCUT2D eigenvalue weighted by atomic mass is 35.5. The Bertz CT molecular complexity index is 976. The Hall–Kier alpha value is -2.14. The van der Waals surface area contributed by atoms with Gasteiger partial charge in [-0.1, -0.05) is 28.7 Å². The molecule has 11 heteroatoms. The fraction of sp³-hybridized carbons (Fsp3) is 0.250. The molecule has 1 aromatic carbocycles. The van der Waals surface area contributed by atoms with E-state index in [2.05, 4.69) is 4.98 Å². The molecule has 0 atom stereocenters. The standard InChI is InChI=1S/C16H15FN4O3S2.ClH/c1-19(2)8-9-20(15(22)12-6-7-13(25-12)21(23)24)16-18-14-10(17)4-3-5-11(14)26-16;/h3-7H,8-9H2,1-2H3;1H. The zero-order valence-corrected chi connectivity index (χ0v) is 16.9. The van der Waals surface area contributed by atoms with Crippen LogP contribution >= 0.6 is 35.1 Å². The lowest BCUT2D eigenvalue weighted by molar-refractivity contribution is -0.380. The topological polar surface area (TPSA) is 79.6 Å². The highest BCUT2D eigenvalue weighted by molar-refractivity contribution is 7.22. The average molecular weight is 431 g/mol. The van der Waals surface area contributed by atoms with Crippen molar-refractivity contribution in [2.75, 3.05) is 32.1 Å². The van der Waals surface area contributed by atoms with E-state index >= 15 is 0 Å². The van der Waals surface area contributed by atoms with E-state index in [9.17, 15) is 19.3 Å². The summed E-state index contributed by atoms with van der Waals surface area (Å²) in [6.45, 7) is 0.899. The summed E-state index contributed by atoms with van der Waals surface area (Å²) in [5, 5.41) is 11.1. The molecule has 2 aromatic heterocycles. The van der Waals surface area contributed by atoms with Gasteiger partial charge in [0.15, 0.2) is 5.13 Å². The molecule has 0 bridgehead atoms. The molecule has 0 aliphatic heterocycles. The minimum absolute atomic E-state index is 0. The first kappa shape index (κ1) is 21.2. The largest absolute Gasteiger partial charge is 0.324 e. The molecule has 0 aliphatic rings. The molecule has 2 heterocycles. The number of nitrogens with zero attached hydrogens (tertiary/aromatic N) is 4. The van der Waals surface area contributed by atoms with Crippen LogP contribution in [0.1, 0.15) is 9.67 Å². The Labute approximate surface area is 168 Å². The molecular weight excluding hydrogens is 415 g/mol. The second-order valence-electron chi connectivity index (χ2n) is 5.74. The van der Waals surface area contributed by atoms with Crippen LogP contribution in [0.25, 0.3) is 10.2 Å². The van der Waals surface area contributed by atoms with E-state index in [1.165, 1.54) is 34.4 Å². The van der Waals surface area contributed by atoms with Gasteiger partial charge in [-0.25, -0.2) is 9.37 Å². The van der Waals surface area contributed by atoms with Crippen molar-refractivity contribution in [1.82, 2.24) is 9.88 Å². The molecule has 0 saturated heterocycles. The molecule has 27 heavy (non-hydrogen) atoms. The number of carbonyl (C=O) groups excluding carboxylic acids is 1. The van der Waals surface area contributed by atoms with Gasteiger partial charge in [0.05, 0.1) is 14.5 Å². The molecule has 0 spiro atoms. The summed E-state index contributed by atoms with van der Waals surface area (Å²) in [7, 11) is 3.74. The van der Waals surface area contributed by atoms with Crippen molar-refractivity contribution in [1.29, 1.82) is 0 Å². The van der Waals surface area contributed by atoms with Gasteiger partial charge in [-0.3, -0.25) is 19.8 Å². The van der Waals surface area contributed by atoms with Crippen LogP contribution in [0.15, 0.2) is 30.3 Å². The first-order valence-electron chi connectivity index (χ1n) is 7.62. The third-order valence-electron chi connectivity index (χ3n) is 3.59. The summed E-state index contributed by atoms with van der Waals surface area (Å²) in [5.74, 6) is -0.832. The molecule has 0 aliphatic carbocycles. The number of para-hydroxylation sites is 1. The lowest BCUT2D eigenvalue weighted by atomic mass is 10.3. The van der Waals surface area contributed by atoms with Crippen LogP contribution in [0.4, 0.5) is 14.5 Å². The number of hydrogen-bond acceptors (Lipinski definition) is 7. The number of nitro groups is 1. The monoisotopic (exact) mass is 430 g/mol. The Morgan fingerprint density at radius 1 is 1.22 bits per heavy atom. The number of benzene rings is 1. The number of likely N-dealkylation sites (N-methyl/N-ethyl adjacent to an activating group) is 1. The summed E-state index contributed by atoms with van der Waals surface area (Å²) in [4.78, 5) is 31.2. The fourth-order valence-electron chi connectivity index (χ4n) is 2.28. The molecule has 3 rings (SSSR count). The van der Waals surface area contributed by atoms with Crippen LogP contribution in [0.5, 0.6) is 0 Å². The average Bonchev–Trinajstić information content (AvgIpc) is 3.22. The predicted molar refractivity (Wildman–Crippen MR) is 108 cm³/mol. The number of aromatic nitrogens is 1. The number of carbonyl (C=O) groups is 1. The minimum Gasteiger partial charge on any atom is -0.308 e. The quantitative estimate of drug-likeness (QED) is 0.435. The number of fused-ring (bicyclic) bond motifs is 1. The van der Waals surface area contributed by atoms with E-state index in [-0.39, 0.29) is 33.7 Å². The summed E-state index contributed by atoms with van der Waals surface area (Å²) < 4.78 is 14.6. The third kappa shape index (κ3) is 4.59. The minimum atomic E-state index is -0.529. The zero-order chi connectivity index (χ0) is 18.8. The zero-order valence-electron chi connectivity index (χ0n) is 14.4. The van der Waals surface area contributed by atoms with Crippen LogP contribution in [-0.4, -0.2) is 47.9 Å². The van der Waals surface area contributed by atoms with Crippen molar-refractivity contribution >= 4 is 61.3 Å². The van der Waals surface area contributed by atoms with E-state index in [0.717, 1.165) is 11.3 Å². The molecular formula is C16H16ClFN4O3S2. The first-order chi connectivity index (χ1) is 12.4. The predicted octanol–water partition coefficient (Wildman–Crippen LogP) is 4.04. The van der Waals surface area contributed by atoms with Crippen molar-refractivity contribution in [3.05, 3.63) is 51.1 Å². The van der Waals surface area contributed by atoms with Gasteiger partial charge < -0.3 is 4.90 Å². The van der Waals surface area contributed by atoms with Crippen LogP contribution in [0, 0.1) is 15.9 Å².